The van der Waals surface area contributed by atoms with Crippen molar-refractivity contribution in [3.05, 3.63) is 29.8 Å². The van der Waals surface area contributed by atoms with Gasteiger partial charge in [0.25, 0.3) is 0 Å². The van der Waals surface area contributed by atoms with E-state index in [0.29, 0.717) is 5.92 Å². The fraction of sp³-hybridized carbons (Fsp3) is 0.636. The summed E-state index contributed by atoms with van der Waals surface area (Å²) >= 11 is 0. The Balaban J connectivity index is 1.52. The van der Waals surface area contributed by atoms with E-state index in [9.17, 15) is 0 Å². The maximum atomic E-state index is 6.64. The average Bonchev–Trinajstić information content (AvgIpc) is 2.62. The summed E-state index contributed by atoms with van der Waals surface area (Å²) in [5.74, 6) is 8.18. The zero-order valence-corrected chi connectivity index (χ0v) is 16.1. The lowest BCUT2D eigenvalue weighted by Gasteiger charge is -2.50. The smallest absolute Gasteiger partial charge is 0.139 e. The molecule has 3 atom stereocenters. The van der Waals surface area contributed by atoms with Crippen molar-refractivity contribution in [3.8, 4) is 17.6 Å². The molecule has 1 aromatic carbocycles. The van der Waals surface area contributed by atoms with Crippen molar-refractivity contribution >= 4 is 0 Å². The summed E-state index contributed by atoms with van der Waals surface area (Å²) in [4.78, 5) is 1.51. The number of morpholine rings is 1. The van der Waals surface area contributed by atoms with Crippen LogP contribution in [0.25, 0.3) is 0 Å². The van der Waals surface area contributed by atoms with E-state index in [1.807, 2.05) is 6.07 Å². The molecule has 2 fully saturated rings. The third-order valence-electron chi connectivity index (χ3n) is 6.07. The van der Waals surface area contributed by atoms with Gasteiger partial charge in [0, 0.05) is 11.5 Å². The maximum absolute atomic E-state index is 6.64. The molecule has 3 aliphatic rings. The standard InChI is InChI=1S/C22H29NO3/c1-21(2)18-9-11-22(3,10-6-12-23-13-15-24-16-14-23)26-20(18)17-7-4-5-8-19(17)25-21/h4-5,7-8,18,20H,9,11-16H2,1-3H3/p+1/t18-,20+,22-/m1/s1. The molecular formula is C22H30NO3+. The van der Waals surface area contributed by atoms with Gasteiger partial charge in [-0.05, 0) is 45.6 Å². The molecular weight excluding hydrogens is 326 g/mol. The minimum atomic E-state index is -0.382. The number of para-hydroxylation sites is 1. The van der Waals surface area contributed by atoms with Crippen LogP contribution in [-0.4, -0.2) is 44.1 Å². The molecule has 140 valence electrons. The van der Waals surface area contributed by atoms with Crippen molar-refractivity contribution in [1.29, 1.82) is 0 Å². The minimum Gasteiger partial charge on any atom is -0.487 e. The van der Waals surface area contributed by atoms with Gasteiger partial charge in [-0.3, -0.25) is 0 Å². The second kappa shape index (κ2) is 6.88. The first-order valence-corrected chi connectivity index (χ1v) is 9.84. The number of nitrogens with one attached hydrogen (secondary N) is 1. The number of hydrogen-bond acceptors (Lipinski definition) is 3. The van der Waals surface area contributed by atoms with Crippen LogP contribution in [0.5, 0.6) is 5.75 Å². The van der Waals surface area contributed by atoms with Gasteiger partial charge >= 0.3 is 0 Å². The molecule has 0 saturated carbocycles. The van der Waals surface area contributed by atoms with E-state index in [1.165, 1.54) is 10.5 Å². The Bertz CT molecular complexity index is 714. The molecule has 3 aliphatic heterocycles. The van der Waals surface area contributed by atoms with Gasteiger partial charge in [0.15, 0.2) is 0 Å². The Morgan fingerprint density at radius 3 is 2.73 bits per heavy atom. The molecule has 3 heterocycles. The van der Waals surface area contributed by atoms with E-state index >= 15 is 0 Å². The van der Waals surface area contributed by atoms with E-state index in [0.717, 1.165) is 51.4 Å². The summed E-state index contributed by atoms with van der Waals surface area (Å²) in [5.41, 5.74) is 0.572. The van der Waals surface area contributed by atoms with Crippen LogP contribution in [0, 0.1) is 17.8 Å². The average molecular weight is 356 g/mol. The first kappa shape index (κ1) is 17.9. The molecule has 0 amide bonds. The second-order valence-corrected chi connectivity index (χ2v) is 8.50. The molecule has 0 spiro atoms. The SMILES string of the molecule is CC1(C)Oc2ccccc2[C@@H]2O[C@](C)(C#CC[NH+]3CCOCC3)CC[C@H]21. The van der Waals surface area contributed by atoms with E-state index in [1.54, 1.807) is 0 Å². The highest BCUT2D eigenvalue weighted by atomic mass is 16.5. The second-order valence-electron chi connectivity index (χ2n) is 8.50. The van der Waals surface area contributed by atoms with Crippen LogP contribution in [0.2, 0.25) is 0 Å². The van der Waals surface area contributed by atoms with Crippen molar-refractivity contribution in [1.82, 2.24) is 0 Å². The molecule has 1 aromatic rings. The molecule has 4 heteroatoms. The number of fused-ring (bicyclic) bond motifs is 3. The Labute approximate surface area is 156 Å². The minimum absolute atomic E-state index is 0.0544. The third kappa shape index (κ3) is 3.49. The molecule has 2 saturated heterocycles. The largest absolute Gasteiger partial charge is 0.487 e. The fourth-order valence-electron chi connectivity index (χ4n) is 4.45. The van der Waals surface area contributed by atoms with E-state index in [2.05, 4.69) is 50.8 Å². The third-order valence-corrected chi connectivity index (χ3v) is 6.07. The van der Waals surface area contributed by atoms with Gasteiger partial charge in [0.1, 0.15) is 36.6 Å². The lowest BCUT2D eigenvalue weighted by atomic mass is 9.73. The van der Waals surface area contributed by atoms with Crippen LogP contribution in [0.1, 0.15) is 45.3 Å². The van der Waals surface area contributed by atoms with Crippen LogP contribution in [0.4, 0.5) is 0 Å². The zero-order valence-electron chi connectivity index (χ0n) is 16.1. The quantitative estimate of drug-likeness (QED) is 0.781. The number of quaternary nitrogens is 1. The highest BCUT2D eigenvalue weighted by Crippen LogP contribution is 2.52. The topological polar surface area (TPSA) is 32.1 Å². The predicted octanol–water partition coefficient (Wildman–Crippen LogP) is 2.00. The molecule has 0 aromatic heterocycles. The first-order valence-electron chi connectivity index (χ1n) is 9.84. The van der Waals surface area contributed by atoms with Crippen LogP contribution in [0.15, 0.2) is 24.3 Å². The highest BCUT2D eigenvalue weighted by Gasteiger charge is 2.49. The lowest BCUT2D eigenvalue weighted by molar-refractivity contribution is -0.900. The van der Waals surface area contributed by atoms with Gasteiger partial charge in [-0.1, -0.05) is 24.1 Å². The summed E-state index contributed by atoms with van der Waals surface area (Å²) in [5, 5.41) is 0. The summed E-state index contributed by atoms with van der Waals surface area (Å²) in [6.45, 7) is 11.2. The molecule has 0 aliphatic carbocycles. The van der Waals surface area contributed by atoms with Crippen molar-refractivity contribution in [2.75, 3.05) is 32.8 Å². The maximum Gasteiger partial charge on any atom is 0.139 e. The Morgan fingerprint density at radius 1 is 1.15 bits per heavy atom. The Kier molecular flexibility index (Phi) is 4.73. The van der Waals surface area contributed by atoms with Crippen molar-refractivity contribution in [3.63, 3.8) is 0 Å². The van der Waals surface area contributed by atoms with Gasteiger partial charge in [0.2, 0.25) is 0 Å². The van der Waals surface area contributed by atoms with Gasteiger partial charge in [-0.15, -0.1) is 0 Å². The lowest BCUT2D eigenvalue weighted by Crippen LogP contribution is -3.14. The summed E-state index contributed by atoms with van der Waals surface area (Å²) in [6, 6.07) is 8.29. The van der Waals surface area contributed by atoms with Crippen LogP contribution in [-0.2, 0) is 9.47 Å². The molecule has 4 nitrogen and oxygen atoms in total. The monoisotopic (exact) mass is 356 g/mol. The van der Waals surface area contributed by atoms with E-state index in [-0.39, 0.29) is 17.3 Å². The molecule has 0 unspecified atom stereocenters. The van der Waals surface area contributed by atoms with Gasteiger partial charge in [0.05, 0.1) is 19.3 Å². The Morgan fingerprint density at radius 2 is 1.92 bits per heavy atom. The van der Waals surface area contributed by atoms with Crippen molar-refractivity contribution in [2.45, 2.75) is 50.9 Å². The predicted molar refractivity (Wildman–Crippen MR) is 100 cm³/mol. The summed E-state index contributed by atoms with van der Waals surface area (Å²) in [6.07, 6.45) is 2.08. The highest BCUT2D eigenvalue weighted by molar-refractivity contribution is 5.39. The Hall–Kier alpha value is -1.54. The van der Waals surface area contributed by atoms with Gasteiger partial charge < -0.3 is 19.1 Å². The molecule has 26 heavy (non-hydrogen) atoms. The fourth-order valence-corrected chi connectivity index (χ4v) is 4.45. The zero-order chi connectivity index (χ0) is 18.2. The van der Waals surface area contributed by atoms with Crippen LogP contribution < -0.4 is 9.64 Å². The number of benzene rings is 1. The normalized spacial score (nSPS) is 33.2. The van der Waals surface area contributed by atoms with Crippen molar-refractivity contribution < 1.29 is 19.1 Å². The number of ether oxygens (including phenoxy) is 3. The number of rotatable bonds is 1. The van der Waals surface area contributed by atoms with Gasteiger partial charge in [-0.25, -0.2) is 0 Å². The molecule has 1 N–H and O–H groups in total. The van der Waals surface area contributed by atoms with Crippen LogP contribution in [0.3, 0.4) is 0 Å². The summed E-state index contributed by atoms with van der Waals surface area (Å²) in [7, 11) is 0. The molecule has 0 radical (unpaired) electrons. The van der Waals surface area contributed by atoms with Gasteiger partial charge in [-0.2, -0.15) is 0 Å². The molecule has 0 bridgehead atoms. The van der Waals surface area contributed by atoms with E-state index < -0.39 is 0 Å². The van der Waals surface area contributed by atoms with Crippen LogP contribution >= 0.6 is 0 Å². The van der Waals surface area contributed by atoms with Crippen molar-refractivity contribution in [2.24, 2.45) is 5.92 Å². The summed E-state index contributed by atoms with van der Waals surface area (Å²) < 4.78 is 18.4. The molecule has 4 rings (SSSR count). The number of hydrogen-bond donors (Lipinski definition) is 1. The first-order chi connectivity index (χ1) is 12.5. The van der Waals surface area contributed by atoms with E-state index in [4.69, 9.17) is 14.2 Å².